The summed E-state index contributed by atoms with van der Waals surface area (Å²) in [6.45, 7) is 5.80. The van der Waals surface area contributed by atoms with E-state index in [2.05, 4.69) is 13.2 Å². The van der Waals surface area contributed by atoms with Gasteiger partial charge in [-0.05, 0) is 12.2 Å². The van der Waals surface area contributed by atoms with Crippen molar-refractivity contribution in [3.8, 4) is 0 Å². The van der Waals surface area contributed by atoms with Crippen molar-refractivity contribution in [2.75, 3.05) is 0 Å². The Hall–Kier alpha value is -0.697. The fourth-order valence-electron chi connectivity index (χ4n) is 0. The summed E-state index contributed by atoms with van der Waals surface area (Å²) < 4.78 is 0. The van der Waals surface area contributed by atoms with Crippen molar-refractivity contribution in [1.82, 2.24) is 0 Å². The Bertz CT molecular complexity index is 135. The molecule has 5 heteroatoms. The Morgan fingerprint density at radius 2 is 1.09 bits per heavy atom. The van der Waals surface area contributed by atoms with E-state index in [9.17, 15) is 0 Å². The molecule has 0 aromatic carbocycles. The summed E-state index contributed by atoms with van der Waals surface area (Å²) in [4.78, 5) is 18.3. The molecule has 0 aromatic rings. The number of aliphatic carboxylic acids is 2. The molecular weight excluding hydrogens is 227 g/mol. The zero-order chi connectivity index (χ0) is 8.57. The van der Waals surface area contributed by atoms with Gasteiger partial charge in [0, 0.05) is 0 Å². The molecule has 11 heavy (non-hydrogen) atoms. The summed E-state index contributed by atoms with van der Waals surface area (Å²) in [5.74, 6) is -2.46. The normalized spacial score (nSPS) is 5.82. The maximum absolute atomic E-state index is 9.14. The van der Waals surface area contributed by atoms with Crippen molar-refractivity contribution in [3.63, 3.8) is 0 Å². The van der Waals surface area contributed by atoms with Crippen LogP contribution in [0.2, 0.25) is 0 Å². The third-order valence-corrected chi connectivity index (χ3v) is 0.333. The molecule has 0 atom stereocenters. The maximum atomic E-state index is 9.14. The number of carbonyl (C=O) groups is 2. The van der Waals surface area contributed by atoms with Crippen LogP contribution in [0.5, 0.6) is 0 Å². The van der Waals surface area contributed by atoms with Crippen LogP contribution in [0, 0.1) is 0 Å². The number of rotatable bonds is 2. The summed E-state index contributed by atoms with van der Waals surface area (Å²) in [7, 11) is 0. The second kappa shape index (κ2) is 12.0. The Kier molecular flexibility index (Phi) is 18.3. The van der Waals surface area contributed by atoms with Crippen LogP contribution in [-0.2, 0) is 35.8 Å². The van der Waals surface area contributed by atoms with E-state index in [-0.39, 0.29) is 26.2 Å². The molecule has 0 aliphatic rings. The quantitative estimate of drug-likeness (QED) is 0.509. The van der Waals surface area contributed by atoms with Gasteiger partial charge in [0.15, 0.2) is 0 Å². The number of carboxylic acids is 2. The zero-order valence-electron chi connectivity index (χ0n) is 5.70. The Morgan fingerprint density at radius 3 is 1.09 bits per heavy atom. The van der Waals surface area contributed by atoms with E-state index >= 15 is 0 Å². The van der Waals surface area contributed by atoms with Crippen molar-refractivity contribution in [1.29, 1.82) is 0 Å². The summed E-state index contributed by atoms with van der Waals surface area (Å²) in [5, 5.41) is 18.3. The monoisotopic (exact) mass is 232 g/mol. The predicted octanol–water partition coefficient (Wildman–Crippen LogP) is -2.16. The smallest absolute Gasteiger partial charge is 0.545 e. The second-order valence-electron chi connectivity index (χ2n) is 1.05. The fourth-order valence-corrected chi connectivity index (χ4v) is 0. The molecule has 0 heterocycles. The summed E-state index contributed by atoms with van der Waals surface area (Å²) in [6.07, 6.45) is 1.44. The number of carbonyl (C=O) groups excluding carboxylic acids is 2. The van der Waals surface area contributed by atoms with Crippen LogP contribution in [0.4, 0.5) is 0 Å². The Balaban J connectivity index is -0.000000107. The first kappa shape index (κ1) is 16.7. The van der Waals surface area contributed by atoms with Gasteiger partial charge >= 0.3 is 26.2 Å². The summed E-state index contributed by atoms with van der Waals surface area (Å²) in [5.41, 5.74) is 0. The molecule has 0 spiro atoms. The van der Waals surface area contributed by atoms with Gasteiger partial charge in [0.05, 0.1) is 11.9 Å². The van der Waals surface area contributed by atoms with E-state index in [0.29, 0.717) is 0 Å². The zero-order valence-corrected chi connectivity index (χ0v) is 8.16. The molecular formula is C6H6O4Zr. The Labute approximate surface area is 83.4 Å². The SMILES string of the molecule is C=CC(=O)[O-].C=CC(=O)[O-].[Zr+2]. The van der Waals surface area contributed by atoms with E-state index in [1.165, 1.54) is 0 Å². The van der Waals surface area contributed by atoms with E-state index in [1.54, 1.807) is 0 Å². The number of hydrogen-bond donors (Lipinski definition) is 0. The fraction of sp³-hybridized carbons (Fsp3) is 0. The molecule has 0 bridgehead atoms. The van der Waals surface area contributed by atoms with Crippen LogP contribution in [0.25, 0.3) is 0 Å². The topological polar surface area (TPSA) is 80.3 Å². The molecule has 0 aromatic heterocycles. The van der Waals surface area contributed by atoms with Crippen LogP contribution in [0.1, 0.15) is 0 Å². The standard InChI is InChI=1S/2C3H4O2.Zr/c2*1-2-3(4)5;/h2*2H,1H2,(H,4,5);/q;;+2/p-2. The first-order chi connectivity index (χ1) is 4.54. The molecule has 0 unspecified atom stereocenters. The largest absolute Gasteiger partial charge is 2.00 e. The van der Waals surface area contributed by atoms with Gasteiger partial charge in [-0.3, -0.25) is 0 Å². The summed E-state index contributed by atoms with van der Waals surface area (Å²) >= 11 is 0. The van der Waals surface area contributed by atoms with Gasteiger partial charge in [-0.25, -0.2) is 0 Å². The average Bonchev–Trinajstić information content (AvgIpc) is 1.89. The molecule has 0 fully saturated rings. The molecule has 0 aliphatic heterocycles. The van der Waals surface area contributed by atoms with E-state index in [4.69, 9.17) is 19.8 Å². The van der Waals surface area contributed by atoms with Gasteiger partial charge in [0.2, 0.25) is 0 Å². The Morgan fingerprint density at radius 1 is 1.00 bits per heavy atom. The molecule has 0 saturated carbocycles. The van der Waals surface area contributed by atoms with E-state index in [1.807, 2.05) is 0 Å². The van der Waals surface area contributed by atoms with Crippen LogP contribution in [0.3, 0.4) is 0 Å². The van der Waals surface area contributed by atoms with Crippen molar-refractivity contribution in [3.05, 3.63) is 25.3 Å². The van der Waals surface area contributed by atoms with Gasteiger partial charge in [-0.1, -0.05) is 13.2 Å². The molecule has 0 aliphatic carbocycles. The second-order valence-corrected chi connectivity index (χ2v) is 1.05. The molecule has 4 nitrogen and oxygen atoms in total. The molecule has 0 radical (unpaired) electrons. The van der Waals surface area contributed by atoms with Gasteiger partial charge in [-0.2, -0.15) is 0 Å². The van der Waals surface area contributed by atoms with Gasteiger partial charge in [0.25, 0.3) is 0 Å². The molecule has 0 amide bonds. The maximum Gasteiger partial charge on any atom is 2.00 e. The molecule has 58 valence electrons. The van der Waals surface area contributed by atoms with Crippen LogP contribution in [-0.4, -0.2) is 11.9 Å². The van der Waals surface area contributed by atoms with Crippen molar-refractivity contribution < 1.29 is 46.0 Å². The minimum absolute atomic E-state index is 0. The van der Waals surface area contributed by atoms with Crippen LogP contribution >= 0.6 is 0 Å². The molecule has 0 saturated heterocycles. The van der Waals surface area contributed by atoms with E-state index < -0.39 is 11.9 Å². The summed E-state index contributed by atoms with van der Waals surface area (Å²) in [6, 6.07) is 0. The van der Waals surface area contributed by atoms with Crippen molar-refractivity contribution in [2.45, 2.75) is 0 Å². The minimum Gasteiger partial charge on any atom is -0.545 e. The van der Waals surface area contributed by atoms with Crippen molar-refractivity contribution >= 4 is 11.9 Å². The third-order valence-electron chi connectivity index (χ3n) is 0.333. The number of hydrogen-bond acceptors (Lipinski definition) is 4. The third kappa shape index (κ3) is 45.5. The van der Waals surface area contributed by atoms with Crippen LogP contribution in [0.15, 0.2) is 25.3 Å². The minimum atomic E-state index is -1.23. The first-order valence-electron chi connectivity index (χ1n) is 2.21. The van der Waals surface area contributed by atoms with Gasteiger partial charge in [-0.15, -0.1) is 0 Å². The first-order valence-corrected chi connectivity index (χ1v) is 2.21. The molecule has 0 rings (SSSR count). The molecule has 0 N–H and O–H groups in total. The van der Waals surface area contributed by atoms with Gasteiger partial charge in [0.1, 0.15) is 0 Å². The predicted molar refractivity (Wildman–Crippen MR) is 30.4 cm³/mol. The van der Waals surface area contributed by atoms with Crippen molar-refractivity contribution in [2.24, 2.45) is 0 Å². The number of carboxylic acid groups (broad SMARTS) is 2. The van der Waals surface area contributed by atoms with E-state index in [0.717, 1.165) is 12.2 Å². The van der Waals surface area contributed by atoms with Gasteiger partial charge < -0.3 is 19.8 Å². The average molecular weight is 233 g/mol. The van der Waals surface area contributed by atoms with Crippen LogP contribution < -0.4 is 10.2 Å².